The second-order valence-electron chi connectivity index (χ2n) is 7.90. The van der Waals surface area contributed by atoms with Crippen molar-refractivity contribution >= 4 is 40.6 Å². The van der Waals surface area contributed by atoms with Gasteiger partial charge in [-0.1, -0.05) is 19.1 Å². The molecule has 2 fully saturated rings. The van der Waals surface area contributed by atoms with Crippen LogP contribution in [0, 0.1) is 5.82 Å². The Morgan fingerprint density at radius 1 is 1.30 bits per heavy atom. The highest BCUT2D eigenvalue weighted by Gasteiger charge is 2.33. The zero-order valence-electron chi connectivity index (χ0n) is 19.2. The number of nitrogens with zero attached hydrogens (tertiary/aromatic N) is 3. The molecular weight excluding hydrogens is 451 g/mol. The fourth-order valence-corrected chi connectivity index (χ4v) is 3.96. The SMILES string of the molecule is CCC(=S)NCC1CN(c2ccc(N3CCN(C(=O)C(COC)OC)CC3)c(F)c2)C(=O)O1. The molecule has 2 aliphatic heterocycles. The van der Waals surface area contributed by atoms with Crippen molar-refractivity contribution in [2.75, 3.05) is 69.9 Å². The Labute approximate surface area is 198 Å². The zero-order valence-corrected chi connectivity index (χ0v) is 20.0. The molecule has 0 saturated carbocycles. The van der Waals surface area contributed by atoms with Crippen LogP contribution in [0.2, 0.25) is 0 Å². The fourth-order valence-electron chi connectivity index (χ4n) is 3.87. The third-order valence-electron chi connectivity index (χ3n) is 5.78. The number of hydrogen-bond donors (Lipinski definition) is 1. The zero-order chi connectivity index (χ0) is 24.0. The summed E-state index contributed by atoms with van der Waals surface area (Å²) in [6, 6.07) is 4.72. The van der Waals surface area contributed by atoms with E-state index >= 15 is 0 Å². The molecule has 0 spiro atoms. The van der Waals surface area contributed by atoms with E-state index in [0.29, 0.717) is 55.6 Å². The summed E-state index contributed by atoms with van der Waals surface area (Å²) in [5, 5.41) is 3.06. The van der Waals surface area contributed by atoms with Crippen LogP contribution >= 0.6 is 12.2 Å². The maximum atomic E-state index is 15.0. The van der Waals surface area contributed by atoms with Crippen LogP contribution in [0.25, 0.3) is 0 Å². The number of halogens is 1. The molecule has 0 aliphatic carbocycles. The van der Waals surface area contributed by atoms with Crippen molar-refractivity contribution in [3.63, 3.8) is 0 Å². The van der Waals surface area contributed by atoms with E-state index in [2.05, 4.69) is 5.32 Å². The summed E-state index contributed by atoms with van der Waals surface area (Å²) in [7, 11) is 2.99. The van der Waals surface area contributed by atoms with E-state index in [4.69, 9.17) is 26.4 Å². The molecule has 182 valence electrons. The molecule has 2 atom stereocenters. The Balaban J connectivity index is 1.58. The van der Waals surface area contributed by atoms with Crippen LogP contribution in [0.3, 0.4) is 0 Å². The minimum atomic E-state index is -0.644. The molecule has 0 aromatic heterocycles. The second kappa shape index (κ2) is 11.6. The van der Waals surface area contributed by atoms with Crippen molar-refractivity contribution < 1.29 is 28.2 Å². The molecule has 2 aliphatic rings. The van der Waals surface area contributed by atoms with E-state index < -0.39 is 18.0 Å². The van der Waals surface area contributed by atoms with Crippen LogP contribution in [-0.2, 0) is 19.0 Å². The molecule has 1 aromatic rings. The maximum absolute atomic E-state index is 15.0. The minimum absolute atomic E-state index is 0.133. The summed E-state index contributed by atoms with van der Waals surface area (Å²) < 4.78 is 30.6. The third-order valence-corrected chi connectivity index (χ3v) is 6.21. The summed E-state index contributed by atoms with van der Waals surface area (Å²) in [5.74, 6) is -0.561. The molecule has 2 amide bonds. The number of rotatable bonds is 9. The van der Waals surface area contributed by atoms with E-state index in [-0.39, 0.29) is 18.6 Å². The van der Waals surface area contributed by atoms with E-state index in [9.17, 15) is 14.0 Å². The van der Waals surface area contributed by atoms with Gasteiger partial charge >= 0.3 is 6.09 Å². The predicted molar refractivity (Wildman–Crippen MR) is 126 cm³/mol. The number of hydrogen-bond acceptors (Lipinski definition) is 7. The van der Waals surface area contributed by atoms with Gasteiger partial charge in [0.25, 0.3) is 5.91 Å². The van der Waals surface area contributed by atoms with E-state index in [1.54, 1.807) is 17.0 Å². The first-order valence-electron chi connectivity index (χ1n) is 11.0. The number of anilines is 2. The van der Waals surface area contributed by atoms with Crippen LogP contribution in [0.4, 0.5) is 20.6 Å². The van der Waals surface area contributed by atoms with Gasteiger partial charge < -0.3 is 29.3 Å². The number of benzene rings is 1. The number of thiocarbonyl (C=S) groups is 1. The molecule has 1 N–H and O–H groups in total. The maximum Gasteiger partial charge on any atom is 0.414 e. The predicted octanol–water partition coefficient (Wildman–Crippen LogP) is 1.79. The summed E-state index contributed by atoms with van der Waals surface area (Å²) in [4.78, 5) is 30.5. The number of nitrogens with one attached hydrogen (secondary N) is 1. The monoisotopic (exact) mass is 482 g/mol. The van der Waals surface area contributed by atoms with Crippen molar-refractivity contribution in [3.8, 4) is 0 Å². The van der Waals surface area contributed by atoms with Gasteiger partial charge in [-0.3, -0.25) is 9.69 Å². The molecule has 2 saturated heterocycles. The third kappa shape index (κ3) is 6.10. The fraction of sp³-hybridized carbons (Fsp3) is 0.591. The van der Waals surface area contributed by atoms with Crippen LogP contribution in [0.15, 0.2) is 18.2 Å². The molecule has 1 aromatic carbocycles. The first-order chi connectivity index (χ1) is 15.9. The van der Waals surface area contributed by atoms with Crippen molar-refractivity contribution in [2.45, 2.75) is 25.6 Å². The average molecular weight is 483 g/mol. The van der Waals surface area contributed by atoms with Crippen molar-refractivity contribution in [1.29, 1.82) is 0 Å². The highest BCUT2D eigenvalue weighted by Crippen LogP contribution is 2.28. The first kappa shape index (κ1) is 25.1. The number of ether oxygens (including phenoxy) is 3. The van der Waals surface area contributed by atoms with Crippen molar-refractivity contribution in [3.05, 3.63) is 24.0 Å². The van der Waals surface area contributed by atoms with Gasteiger partial charge in [0, 0.05) is 40.4 Å². The number of amides is 2. The molecular formula is C22H31FN4O5S. The normalized spacial score (nSPS) is 19.5. The molecule has 11 heteroatoms. The highest BCUT2D eigenvalue weighted by atomic mass is 32.1. The van der Waals surface area contributed by atoms with Gasteiger partial charge in [0.05, 0.1) is 36.1 Å². The lowest BCUT2D eigenvalue weighted by Gasteiger charge is -2.37. The van der Waals surface area contributed by atoms with Gasteiger partial charge in [0.2, 0.25) is 0 Å². The quantitative estimate of drug-likeness (QED) is 0.534. The lowest BCUT2D eigenvalue weighted by Crippen LogP contribution is -2.52. The lowest BCUT2D eigenvalue weighted by molar-refractivity contribution is -0.145. The number of carbonyl (C=O) groups excluding carboxylic acids is 2. The van der Waals surface area contributed by atoms with Gasteiger partial charge in [0.15, 0.2) is 6.10 Å². The number of piperazine rings is 1. The van der Waals surface area contributed by atoms with Crippen LogP contribution in [0.5, 0.6) is 0 Å². The minimum Gasteiger partial charge on any atom is -0.442 e. The Morgan fingerprint density at radius 3 is 2.64 bits per heavy atom. The molecule has 0 bridgehead atoms. The van der Waals surface area contributed by atoms with E-state index in [1.165, 1.54) is 25.2 Å². The van der Waals surface area contributed by atoms with Gasteiger partial charge in [-0.05, 0) is 24.6 Å². The molecule has 0 radical (unpaired) electrons. The summed E-state index contributed by atoms with van der Waals surface area (Å²) in [6.45, 7) is 4.76. The molecule has 33 heavy (non-hydrogen) atoms. The highest BCUT2D eigenvalue weighted by molar-refractivity contribution is 7.80. The molecule has 2 unspecified atom stereocenters. The second-order valence-corrected chi connectivity index (χ2v) is 8.39. The summed E-state index contributed by atoms with van der Waals surface area (Å²) in [5.41, 5.74) is 0.878. The first-order valence-corrected chi connectivity index (χ1v) is 11.4. The summed E-state index contributed by atoms with van der Waals surface area (Å²) >= 11 is 5.13. The Morgan fingerprint density at radius 2 is 2.03 bits per heavy atom. The topological polar surface area (TPSA) is 83.6 Å². The Kier molecular flexibility index (Phi) is 8.81. The van der Waals surface area contributed by atoms with E-state index in [1.807, 2.05) is 11.8 Å². The van der Waals surface area contributed by atoms with Gasteiger partial charge in [0.1, 0.15) is 11.9 Å². The number of cyclic esters (lactones) is 1. The van der Waals surface area contributed by atoms with Crippen LogP contribution < -0.4 is 15.1 Å². The number of carbonyl (C=O) groups is 2. The largest absolute Gasteiger partial charge is 0.442 e. The van der Waals surface area contributed by atoms with E-state index in [0.717, 1.165) is 6.42 Å². The van der Waals surface area contributed by atoms with Crippen LogP contribution in [-0.4, -0.2) is 94.2 Å². The van der Waals surface area contributed by atoms with Gasteiger partial charge in [-0.15, -0.1) is 0 Å². The smallest absolute Gasteiger partial charge is 0.414 e. The Hall–Kier alpha value is -2.50. The molecule has 3 rings (SSSR count). The summed E-state index contributed by atoms with van der Waals surface area (Å²) in [6.07, 6.45) is -0.791. The standard InChI is InChI=1S/C22H31FN4O5S/c1-4-20(33)24-12-16-13-27(22(29)32-16)15-5-6-18(17(23)11-15)25-7-9-26(10-8-25)21(28)19(31-3)14-30-2/h5-6,11,16,19H,4,7-10,12-14H2,1-3H3,(H,24,33). The van der Waals surface area contributed by atoms with Crippen LogP contribution in [0.1, 0.15) is 13.3 Å². The molecule has 9 nitrogen and oxygen atoms in total. The molecule has 2 heterocycles. The van der Waals surface area contributed by atoms with Gasteiger partial charge in [-0.25, -0.2) is 9.18 Å². The average Bonchev–Trinajstić information content (AvgIpc) is 3.21. The lowest BCUT2D eigenvalue weighted by atomic mass is 10.2. The van der Waals surface area contributed by atoms with Crippen molar-refractivity contribution in [2.24, 2.45) is 0 Å². The van der Waals surface area contributed by atoms with Crippen molar-refractivity contribution in [1.82, 2.24) is 10.2 Å². The van der Waals surface area contributed by atoms with Gasteiger partial charge in [-0.2, -0.15) is 0 Å². The Bertz CT molecular complexity index is 865. The number of methoxy groups -OCH3 is 2.